The van der Waals surface area contributed by atoms with E-state index < -0.39 is 68.3 Å². The van der Waals surface area contributed by atoms with Crippen molar-refractivity contribution >= 4 is 56.9 Å². The number of nitrogens with zero attached hydrogens (tertiary/aromatic N) is 3. The summed E-state index contributed by atoms with van der Waals surface area (Å²) in [4.78, 5) is 50.8. The van der Waals surface area contributed by atoms with Gasteiger partial charge in [-0.2, -0.15) is 28.1 Å². The summed E-state index contributed by atoms with van der Waals surface area (Å²) in [6.45, 7) is 6.52. The molecule has 1 heterocycles. The molecule has 0 unspecified atom stereocenters. The summed E-state index contributed by atoms with van der Waals surface area (Å²) in [5, 5.41) is 12.0. The summed E-state index contributed by atoms with van der Waals surface area (Å²) in [6.07, 6.45) is -1.31. The van der Waals surface area contributed by atoms with Crippen LogP contribution in [0.5, 0.6) is 6.01 Å². The van der Waals surface area contributed by atoms with Gasteiger partial charge < -0.3 is 26.0 Å². The summed E-state index contributed by atoms with van der Waals surface area (Å²) in [6, 6.07) is 12.7. The normalized spacial score (nSPS) is 18.8. The molecule has 2 atom stereocenters. The van der Waals surface area contributed by atoms with Crippen LogP contribution in [0, 0.1) is 5.92 Å². The van der Waals surface area contributed by atoms with Gasteiger partial charge in [0.15, 0.2) is 6.61 Å². The first-order valence-corrected chi connectivity index (χ1v) is 18.8. The van der Waals surface area contributed by atoms with Crippen LogP contribution in [0.3, 0.4) is 0 Å². The van der Waals surface area contributed by atoms with Crippen LogP contribution < -0.4 is 30.7 Å². The van der Waals surface area contributed by atoms with Crippen LogP contribution >= 0.6 is 11.6 Å². The lowest BCUT2D eigenvalue weighted by molar-refractivity contribution is -0.154. The number of sulfonamides is 1. The predicted octanol–water partition coefficient (Wildman–Crippen LogP) is 5.13. The predicted molar refractivity (Wildman–Crippen MR) is 195 cm³/mol. The second-order valence-electron chi connectivity index (χ2n) is 14.1. The van der Waals surface area contributed by atoms with Crippen molar-refractivity contribution in [3.05, 3.63) is 77.3 Å². The monoisotopic (exact) mass is 792 g/mol. The third-order valence-electron chi connectivity index (χ3n) is 8.85. The molecule has 2 aliphatic rings. The van der Waals surface area contributed by atoms with Crippen molar-refractivity contribution in [1.82, 2.24) is 30.3 Å². The zero-order valence-corrected chi connectivity index (χ0v) is 31.2. The summed E-state index contributed by atoms with van der Waals surface area (Å²) < 4.78 is 69.5. The van der Waals surface area contributed by atoms with E-state index in [1.54, 1.807) is 24.3 Å². The molecule has 2 aromatic carbocycles. The van der Waals surface area contributed by atoms with E-state index in [2.05, 4.69) is 47.5 Å². The maximum Gasteiger partial charge on any atom is 0.422 e. The molecule has 290 valence electrons. The number of carbonyl (C=O) groups excluding carboxylic acids is 3. The lowest BCUT2D eigenvalue weighted by Gasteiger charge is -2.23. The van der Waals surface area contributed by atoms with Gasteiger partial charge >= 0.3 is 12.2 Å². The van der Waals surface area contributed by atoms with Crippen molar-refractivity contribution < 1.29 is 40.7 Å². The van der Waals surface area contributed by atoms with Crippen LogP contribution in [0.25, 0.3) is 0 Å². The van der Waals surface area contributed by atoms with Gasteiger partial charge in [-0.1, -0.05) is 29.8 Å². The number of aromatic nitrogens is 3. The fourth-order valence-corrected chi connectivity index (χ4v) is 6.23. The Balaban J connectivity index is 1.15. The largest absolute Gasteiger partial charge is 0.454 e. The zero-order chi connectivity index (χ0) is 39.5. The van der Waals surface area contributed by atoms with Gasteiger partial charge in [0.1, 0.15) is 5.54 Å². The van der Waals surface area contributed by atoms with Crippen LogP contribution in [-0.4, -0.2) is 70.7 Å². The van der Waals surface area contributed by atoms with Crippen molar-refractivity contribution in [1.29, 1.82) is 0 Å². The number of carbonyl (C=O) groups is 3. The van der Waals surface area contributed by atoms with E-state index in [4.69, 9.17) is 16.3 Å². The minimum atomic E-state index is -4.62. The minimum Gasteiger partial charge on any atom is -0.454 e. The number of ether oxygens (including phenoxy) is 1. The van der Waals surface area contributed by atoms with E-state index in [0.717, 1.165) is 18.4 Å². The van der Waals surface area contributed by atoms with Crippen LogP contribution in [0.15, 0.2) is 61.2 Å². The number of anilines is 3. The maximum absolute atomic E-state index is 12.9. The highest BCUT2D eigenvalue weighted by atomic mass is 35.5. The van der Waals surface area contributed by atoms with Crippen molar-refractivity contribution in [2.75, 3.05) is 23.8 Å². The summed E-state index contributed by atoms with van der Waals surface area (Å²) >= 11 is 6.02. The van der Waals surface area contributed by atoms with Gasteiger partial charge in [0.25, 0.3) is 11.8 Å². The molecule has 0 spiro atoms. The Labute approximate surface area is 315 Å². The van der Waals surface area contributed by atoms with Crippen LogP contribution in [0.2, 0.25) is 5.02 Å². The van der Waals surface area contributed by atoms with Crippen molar-refractivity contribution in [2.24, 2.45) is 5.92 Å². The van der Waals surface area contributed by atoms with Crippen LogP contribution in [-0.2, 0) is 25.2 Å². The van der Waals surface area contributed by atoms with Gasteiger partial charge in [-0.05, 0) is 88.4 Å². The molecule has 5 N–H and O–H groups in total. The second-order valence-corrected chi connectivity index (χ2v) is 16.9. The lowest BCUT2D eigenvalue weighted by atomic mass is 10.1. The Morgan fingerprint density at radius 3 is 2.22 bits per heavy atom. The standard InChI is InChI=1S/C35H40ClF3N8O6S/c1-5-22-19-34(22,28(50)47-54(51,52)32(2,3)4)45-26(48)7-6-18-40-27(49)21-8-14-25(15-9-21)41-29-42-30(44-31(43-29)53-20-35(37,38)39)46-33(16-17-33)23-10-12-24(36)13-11-23/h5,8-15,22H,1,6-7,16-20H2,2-4H3,(H,40,49)(H,45,48)(H,47,50)(H2,41,42,43,44,46)/t22-,34-/m1/s1. The average molecular weight is 793 g/mol. The fourth-order valence-electron chi connectivity index (χ4n) is 5.37. The van der Waals surface area contributed by atoms with Crippen molar-refractivity contribution in [3.8, 4) is 6.01 Å². The molecular formula is C35H40ClF3N8O6S. The third-order valence-corrected chi connectivity index (χ3v) is 11.2. The molecule has 14 nitrogen and oxygen atoms in total. The molecule has 2 saturated carbocycles. The molecule has 19 heteroatoms. The van der Waals surface area contributed by atoms with E-state index in [0.29, 0.717) is 10.7 Å². The van der Waals surface area contributed by atoms with Crippen LogP contribution in [0.1, 0.15) is 68.8 Å². The first-order valence-electron chi connectivity index (χ1n) is 16.9. The Bertz CT molecular complexity index is 2010. The molecule has 54 heavy (non-hydrogen) atoms. The fraction of sp³-hybridized carbons (Fsp3) is 0.429. The summed E-state index contributed by atoms with van der Waals surface area (Å²) in [5.74, 6) is -2.30. The van der Waals surface area contributed by atoms with E-state index in [1.807, 2.05) is 12.1 Å². The van der Waals surface area contributed by atoms with Gasteiger partial charge in [-0.25, -0.2) is 8.42 Å². The quantitative estimate of drug-likeness (QED) is 0.0955. The summed E-state index contributed by atoms with van der Waals surface area (Å²) in [7, 11) is -4.00. The molecule has 0 aliphatic heterocycles. The Hall–Kier alpha value is -4.97. The number of nitrogens with one attached hydrogen (secondary N) is 5. The van der Waals surface area contributed by atoms with E-state index in [-0.39, 0.29) is 43.3 Å². The Kier molecular flexibility index (Phi) is 11.5. The van der Waals surface area contributed by atoms with Crippen molar-refractivity contribution in [3.63, 3.8) is 0 Å². The van der Waals surface area contributed by atoms with Gasteiger partial charge in [0, 0.05) is 35.2 Å². The molecule has 0 saturated heterocycles. The number of hydrogen-bond acceptors (Lipinski definition) is 11. The number of rotatable bonds is 16. The molecule has 3 amide bonds. The smallest absolute Gasteiger partial charge is 0.422 e. The highest BCUT2D eigenvalue weighted by Gasteiger charge is 2.60. The number of alkyl halides is 3. The van der Waals surface area contributed by atoms with E-state index in [1.165, 1.54) is 39.0 Å². The second kappa shape index (κ2) is 15.4. The highest BCUT2D eigenvalue weighted by molar-refractivity contribution is 7.91. The molecule has 5 rings (SSSR count). The van der Waals surface area contributed by atoms with Crippen LogP contribution in [0.4, 0.5) is 30.8 Å². The van der Waals surface area contributed by atoms with Gasteiger partial charge in [0.2, 0.25) is 27.8 Å². The number of hydrogen-bond donors (Lipinski definition) is 5. The number of benzene rings is 2. The molecule has 1 aromatic heterocycles. The minimum absolute atomic E-state index is 0.00799. The Morgan fingerprint density at radius 2 is 1.65 bits per heavy atom. The molecule has 0 radical (unpaired) electrons. The molecule has 2 aliphatic carbocycles. The topological polar surface area (TPSA) is 193 Å². The lowest BCUT2D eigenvalue weighted by Crippen LogP contribution is -2.54. The molecule has 2 fully saturated rings. The molecule has 0 bridgehead atoms. The van der Waals surface area contributed by atoms with E-state index >= 15 is 0 Å². The third kappa shape index (κ3) is 9.96. The first kappa shape index (κ1) is 40.2. The highest BCUT2D eigenvalue weighted by Crippen LogP contribution is 2.48. The number of amides is 3. The first-order chi connectivity index (χ1) is 25.2. The Morgan fingerprint density at radius 1 is 1.00 bits per heavy atom. The van der Waals surface area contributed by atoms with Gasteiger partial charge in [0.05, 0.1) is 10.3 Å². The maximum atomic E-state index is 12.9. The summed E-state index contributed by atoms with van der Waals surface area (Å²) in [5.41, 5.74) is -0.360. The molecule has 3 aromatic rings. The SMILES string of the molecule is C=C[C@@H]1C[C@]1(NC(=O)CCCNC(=O)c1ccc(Nc2nc(NC3(c4ccc(Cl)cc4)CC3)nc(OCC(F)(F)F)n2)cc1)C(=O)NS(=O)(=O)C(C)(C)C. The van der Waals surface area contributed by atoms with E-state index in [9.17, 15) is 36.0 Å². The van der Waals surface area contributed by atoms with Crippen molar-refractivity contribution in [2.45, 2.75) is 74.9 Å². The zero-order valence-electron chi connectivity index (χ0n) is 29.6. The number of halogens is 4. The van der Waals surface area contributed by atoms with Gasteiger partial charge in [-0.15, -0.1) is 6.58 Å². The average Bonchev–Trinajstić information content (AvgIpc) is 4.02. The van der Waals surface area contributed by atoms with Gasteiger partial charge in [-0.3, -0.25) is 19.1 Å². The molecular weight excluding hydrogens is 753 g/mol.